The van der Waals surface area contributed by atoms with Gasteiger partial charge in [0.25, 0.3) is 0 Å². The number of carbonyl (C=O) groups is 2. The second-order valence-electron chi connectivity index (χ2n) is 5.96. The van der Waals surface area contributed by atoms with Crippen molar-refractivity contribution in [2.75, 3.05) is 31.7 Å². The van der Waals surface area contributed by atoms with E-state index in [2.05, 4.69) is 5.32 Å². The number of ether oxygens (including phenoxy) is 2. The Balaban J connectivity index is 1.96. The van der Waals surface area contributed by atoms with E-state index < -0.39 is 0 Å². The lowest BCUT2D eigenvalue weighted by molar-refractivity contribution is -0.123. The predicted molar refractivity (Wildman–Crippen MR) is 105 cm³/mol. The zero-order valence-electron chi connectivity index (χ0n) is 16.0. The summed E-state index contributed by atoms with van der Waals surface area (Å²) in [6, 6.07) is 14.9. The van der Waals surface area contributed by atoms with Gasteiger partial charge in [0.2, 0.25) is 11.8 Å². The van der Waals surface area contributed by atoms with E-state index in [9.17, 15) is 9.59 Å². The van der Waals surface area contributed by atoms with E-state index in [-0.39, 0.29) is 18.4 Å². The van der Waals surface area contributed by atoms with Gasteiger partial charge in [-0.25, -0.2) is 0 Å². The summed E-state index contributed by atoms with van der Waals surface area (Å²) >= 11 is 0. The van der Waals surface area contributed by atoms with Crippen LogP contribution in [0.4, 0.5) is 5.69 Å². The minimum absolute atomic E-state index is 0.0580. The van der Waals surface area contributed by atoms with Crippen molar-refractivity contribution in [2.45, 2.75) is 20.3 Å². The second kappa shape index (κ2) is 10.2. The highest BCUT2D eigenvalue weighted by Gasteiger charge is 2.19. The van der Waals surface area contributed by atoms with Crippen LogP contribution in [0.2, 0.25) is 0 Å². The summed E-state index contributed by atoms with van der Waals surface area (Å²) < 4.78 is 10.8. The number of nitrogens with one attached hydrogen (secondary N) is 1. The molecule has 0 heterocycles. The van der Waals surface area contributed by atoms with Gasteiger partial charge in [0.1, 0.15) is 18.0 Å². The van der Waals surface area contributed by atoms with E-state index in [0.717, 1.165) is 11.3 Å². The summed E-state index contributed by atoms with van der Waals surface area (Å²) in [5, 5.41) is 2.86. The van der Waals surface area contributed by atoms with Crippen molar-refractivity contribution < 1.29 is 19.1 Å². The lowest BCUT2D eigenvalue weighted by Crippen LogP contribution is -2.40. The first-order valence-corrected chi connectivity index (χ1v) is 8.94. The highest BCUT2D eigenvalue weighted by Crippen LogP contribution is 2.28. The van der Waals surface area contributed by atoms with Crippen molar-refractivity contribution in [1.82, 2.24) is 5.32 Å². The smallest absolute Gasteiger partial charge is 0.240 e. The van der Waals surface area contributed by atoms with Crippen LogP contribution < -0.4 is 19.7 Å². The SMILES string of the molecule is CCOc1ccccc1N(CC(=O)NCCc1cccc(OC)c1)C(C)=O. The van der Waals surface area contributed by atoms with Crippen LogP contribution in [-0.4, -0.2) is 38.6 Å². The van der Waals surface area contributed by atoms with Crippen molar-refractivity contribution in [3.05, 3.63) is 54.1 Å². The number of methoxy groups -OCH3 is 1. The molecule has 2 aromatic rings. The van der Waals surface area contributed by atoms with Crippen molar-refractivity contribution in [3.8, 4) is 11.5 Å². The summed E-state index contributed by atoms with van der Waals surface area (Å²) in [6.45, 7) is 4.21. The first-order valence-electron chi connectivity index (χ1n) is 8.94. The number of hydrogen-bond donors (Lipinski definition) is 1. The molecule has 0 bridgehead atoms. The first-order chi connectivity index (χ1) is 13.0. The second-order valence-corrected chi connectivity index (χ2v) is 5.96. The minimum Gasteiger partial charge on any atom is -0.497 e. The van der Waals surface area contributed by atoms with Crippen LogP contribution >= 0.6 is 0 Å². The molecular weight excluding hydrogens is 344 g/mol. The molecule has 0 atom stereocenters. The molecule has 0 radical (unpaired) electrons. The van der Waals surface area contributed by atoms with Crippen molar-refractivity contribution in [2.24, 2.45) is 0 Å². The fourth-order valence-electron chi connectivity index (χ4n) is 2.70. The Kier molecular flexibility index (Phi) is 7.67. The lowest BCUT2D eigenvalue weighted by Gasteiger charge is -2.23. The Morgan fingerprint density at radius 3 is 2.59 bits per heavy atom. The maximum atomic E-state index is 12.3. The molecule has 0 aliphatic carbocycles. The topological polar surface area (TPSA) is 67.9 Å². The van der Waals surface area contributed by atoms with E-state index >= 15 is 0 Å². The average Bonchev–Trinajstić information content (AvgIpc) is 2.67. The zero-order chi connectivity index (χ0) is 19.6. The van der Waals surface area contributed by atoms with Gasteiger partial charge in [0.15, 0.2) is 0 Å². The molecule has 0 spiro atoms. The molecule has 0 aliphatic rings. The number of amides is 2. The van der Waals surface area contributed by atoms with Crippen LogP contribution in [0, 0.1) is 0 Å². The van der Waals surface area contributed by atoms with E-state index in [4.69, 9.17) is 9.47 Å². The Labute approximate surface area is 160 Å². The summed E-state index contributed by atoms with van der Waals surface area (Å²) in [5.41, 5.74) is 1.66. The van der Waals surface area contributed by atoms with Crippen molar-refractivity contribution in [1.29, 1.82) is 0 Å². The number of carbonyl (C=O) groups excluding carboxylic acids is 2. The summed E-state index contributed by atoms with van der Waals surface area (Å²) in [5.74, 6) is 0.929. The number of hydrogen-bond acceptors (Lipinski definition) is 4. The molecule has 2 amide bonds. The number of anilines is 1. The standard InChI is InChI=1S/C21H26N2O4/c1-4-27-20-11-6-5-10-19(20)23(16(2)24)15-21(25)22-13-12-17-8-7-9-18(14-17)26-3/h5-11,14H,4,12-13,15H2,1-3H3,(H,22,25). The van der Waals surface area contributed by atoms with Crippen LogP contribution in [0.25, 0.3) is 0 Å². The van der Waals surface area contributed by atoms with Gasteiger partial charge in [-0.15, -0.1) is 0 Å². The van der Waals surface area contributed by atoms with E-state index in [1.54, 1.807) is 19.2 Å². The highest BCUT2D eigenvalue weighted by atomic mass is 16.5. The van der Waals surface area contributed by atoms with Crippen molar-refractivity contribution in [3.63, 3.8) is 0 Å². The molecule has 0 unspecified atom stereocenters. The van der Waals surface area contributed by atoms with E-state index in [0.29, 0.717) is 31.0 Å². The third-order valence-corrected chi connectivity index (χ3v) is 4.01. The summed E-state index contributed by atoms with van der Waals surface area (Å²) in [4.78, 5) is 25.8. The van der Waals surface area contributed by atoms with Gasteiger partial charge >= 0.3 is 0 Å². The molecule has 0 aliphatic heterocycles. The van der Waals surface area contributed by atoms with Gasteiger partial charge in [-0.05, 0) is 43.2 Å². The summed E-state index contributed by atoms with van der Waals surface area (Å²) in [7, 11) is 1.62. The summed E-state index contributed by atoms with van der Waals surface area (Å²) in [6.07, 6.45) is 0.679. The number of rotatable bonds is 9. The number of benzene rings is 2. The lowest BCUT2D eigenvalue weighted by atomic mass is 10.1. The van der Waals surface area contributed by atoms with Crippen molar-refractivity contribution >= 4 is 17.5 Å². The molecule has 2 aromatic carbocycles. The third-order valence-electron chi connectivity index (χ3n) is 4.01. The van der Waals surface area contributed by atoms with Gasteiger partial charge in [0.05, 0.1) is 19.4 Å². The molecule has 1 N–H and O–H groups in total. The van der Waals surface area contributed by atoms with Gasteiger partial charge in [-0.1, -0.05) is 24.3 Å². The molecule has 144 valence electrons. The fraction of sp³-hybridized carbons (Fsp3) is 0.333. The van der Waals surface area contributed by atoms with E-state index in [1.165, 1.54) is 11.8 Å². The Morgan fingerprint density at radius 1 is 1.11 bits per heavy atom. The molecule has 6 nitrogen and oxygen atoms in total. The fourth-order valence-corrected chi connectivity index (χ4v) is 2.70. The van der Waals surface area contributed by atoms with Crippen LogP contribution in [0.5, 0.6) is 11.5 Å². The van der Waals surface area contributed by atoms with Gasteiger partial charge in [-0.2, -0.15) is 0 Å². The molecule has 6 heteroatoms. The first kappa shape index (κ1) is 20.3. The number of nitrogens with zero attached hydrogens (tertiary/aromatic N) is 1. The normalized spacial score (nSPS) is 10.2. The van der Waals surface area contributed by atoms with Crippen LogP contribution in [0.1, 0.15) is 19.4 Å². The van der Waals surface area contributed by atoms with Gasteiger partial charge in [0, 0.05) is 13.5 Å². The molecular formula is C21H26N2O4. The Morgan fingerprint density at radius 2 is 1.89 bits per heavy atom. The molecule has 0 saturated heterocycles. The monoisotopic (exact) mass is 370 g/mol. The van der Waals surface area contributed by atoms with Crippen LogP contribution in [0.3, 0.4) is 0 Å². The van der Waals surface area contributed by atoms with Crippen LogP contribution in [0.15, 0.2) is 48.5 Å². The average molecular weight is 370 g/mol. The molecule has 0 fully saturated rings. The number of para-hydroxylation sites is 2. The largest absolute Gasteiger partial charge is 0.497 e. The molecule has 27 heavy (non-hydrogen) atoms. The molecule has 2 rings (SSSR count). The Bertz CT molecular complexity index is 776. The Hall–Kier alpha value is -3.02. The zero-order valence-corrected chi connectivity index (χ0v) is 16.0. The molecule has 0 aromatic heterocycles. The van der Waals surface area contributed by atoms with Gasteiger partial charge < -0.3 is 14.8 Å². The van der Waals surface area contributed by atoms with Gasteiger partial charge in [-0.3, -0.25) is 14.5 Å². The van der Waals surface area contributed by atoms with Crippen LogP contribution in [-0.2, 0) is 16.0 Å². The predicted octanol–water partition coefficient (Wildman–Crippen LogP) is 2.81. The maximum absolute atomic E-state index is 12.3. The quantitative estimate of drug-likeness (QED) is 0.737. The maximum Gasteiger partial charge on any atom is 0.240 e. The molecule has 0 saturated carbocycles. The highest BCUT2D eigenvalue weighted by molar-refractivity contribution is 5.98. The minimum atomic E-state index is -0.223. The third kappa shape index (κ3) is 6.02. The van der Waals surface area contributed by atoms with E-state index in [1.807, 2.05) is 43.3 Å².